The van der Waals surface area contributed by atoms with Crippen molar-refractivity contribution in [2.24, 2.45) is 0 Å². The molecule has 0 aliphatic rings. The Morgan fingerprint density at radius 3 is 1.90 bits per heavy atom. The molecule has 0 spiro atoms. The summed E-state index contributed by atoms with van der Waals surface area (Å²) < 4.78 is 0. The summed E-state index contributed by atoms with van der Waals surface area (Å²) in [6, 6.07) is 10.5. The predicted octanol–water partition coefficient (Wildman–Crippen LogP) is 2.56. The van der Waals surface area contributed by atoms with Gasteiger partial charge in [-0.1, -0.05) is 0 Å². The fraction of sp³-hybridized carbons (Fsp3) is 0.267. The average Bonchev–Trinajstić information content (AvgIpc) is 2.53. The number of benzene rings is 1. The van der Waals surface area contributed by atoms with Crippen LogP contribution in [0.15, 0.2) is 48.8 Å². The lowest BCUT2D eigenvalue weighted by molar-refractivity contribution is -0.384. The zero-order valence-corrected chi connectivity index (χ0v) is 12.1. The summed E-state index contributed by atoms with van der Waals surface area (Å²) in [7, 11) is 4.00. The van der Waals surface area contributed by atoms with E-state index in [0.29, 0.717) is 0 Å². The Balaban J connectivity index is 1.92. The van der Waals surface area contributed by atoms with E-state index >= 15 is 0 Å². The third kappa shape index (κ3) is 3.92. The Kier molecular flexibility index (Phi) is 4.71. The molecule has 0 atom stereocenters. The third-order valence-electron chi connectivity index (χ3n) is 3.38. The molecule has 0 N–H and O–H groups in total. The van der Waals surface area contributed by atoms with Crippen LogP contribution in [-0.2, 0) is 0 Å². The number of non-ortho nitro benzene ring substituents is 1. The van der Waals surface area contributed by atoms with Crippen LogP contribution in [0.3, 0.4) is 0 Å². The van der Waals surface area contributed by atoms with Crippen molar-refractivity contribution in [3.63, 3.8) is 0 Å². The van der Waals surface area contributed by atoms with Crippen LogP contribution >= 0.6 is 0 Å². The van der Waals surface area contributed by atoms with Gasteiger partial charge >= 0.3 is 0 Å². The second kappa shape index (κ2) is 6.69. The first-order valence-electron chi connectivity index (χ1n) is 6.64. The number of aromatic nitrogens is 1. The zero-order valence-electron chi connectivity index (χ0n) is 12.1. The molecule has 2 rings (SSSR count). The number of nitrogens with zero attached hydrogens (tertiary/aromatic N) is 4. The molecule has 2 aromatic rings. The smallest absolute Gasteiger partial charge is 0.269 e. The fourth-order valence-electron chi connectivity index (χ4n) is 1.99. The lowest BCUT2D eigenvalue weighted by Gasteiger charge is -2.24. The topological polar surface area (TPSA) is 62.5 Å². The van der Waals surface area contributed by atoms with Crippen LogP contribution in [-0.4, -0.2) is 37.1 Å². The van der Waals surface area contributed by atoms with Crippen LogP contribution in [0.5, 0.6) is 0 Å². The van der Waals surface area contributed by atoms with Crippen molar-refractivity contribution >= 4 is 17.1 Å². The Morgan fingerprint density at radius 2 is 1.43 bits per heavy atom. The van der Waals surface area contributed by atoms with Gasteiger partial charge in [-0.3, -0.25) is 15.1 Å². The van der Waals surface area contributed by atoms with Gasteiger partial charge in [-0.2, -0.15) is 0 Å². The molecule has 6 nitrogen and oxygen atoms in total. The molecule has 0 aliphatic carbocycles. The van der Waals surface area contributed by atoms with Crippen molar-refractivity contribution in [3.05, 3.63) is 58.9 Å². The van der Waals surface area contributed by atoms with E-state index in [-0.39, 0.29) is 10.6 Å². The minimum absolute atomic E-state index is 0.112. The van der Waals surface area contributed by atoms with Crippen LogP contribution < -0.4 is 9.80 Å². The van der Waals surface area contributed by atoms with Crippen LogP contribution in [0.1, 0.15) is 0 Å². The van der Waals surface area contributed by atoms with Gasteiger partial charge in [0.1, 0.15) is 0 Å². The first-order valence-corrected chi connectivity index (χ1v) is 6.64. The summed E-state index contributed by atoms with van der Waals surface area (Å²) in [5.41, 5.74) is 2.19. The molecule has 0 fully saturated rings. The number of pyridine rings is 1. The van der Waals surface area contributed by atoms with Crippen molar-refractivity contribution in [1.82, 2.24) is 4.98 Å². The van der Waals surface area contributed by atoms with Crippen LogP contribution in [0, 0.1) is 10.1 Å². The van der Waals surface area contributed by atoms with Gasteiger partial charge in [0.15, 0.2) is 0 Å². The Bertz CT molecular complexity index is 586. The van der Waals surface area contributed by atoms with Gasteiger partial charge in [0.05, 0.1) is 4.92 Å². The maximum atomic E-state index is 10.6. The van der Waals surface area contributed by atoms with Gasteiger partial charge in [0.25, 0.3) is 5.69 Å². The molecule has 0 amide bonds. The van der Waals surface area contributed by atoms with Crippen LogP contribution in [0.2, 0.25) is 0 Å². The summed E-state index contributed by atoms with van der Waals surface area (Å²) >= 11 is 0. The molecule has 1 aromatic carbocycles. The largest absolute Gasteiger partial charge is 0.373 e. The number of likely N-dealkylation sites (N-methyl/N-ethyl adjacent to an activating group) is 2. The molecule has 0 bridgehead atoms. The summed E-state index contributed by atoms with van der Waals surface area (Å²) in [6.45, 7) is 1.66. The van der Waals surface area contributed by atoms with Gasteiger partial charge in [-0.25, -0.2) is 0 Å². The standard InChI is InChI=1S/C15H18N4O2/c1-17(13-3-5-15(6-4-13)19(20)21)11-12-18(2)14-7-9-16-10-8-14/h3-10H,11-12H2,1-2H3. The summed E-state index contributed by atoms with van der Waals surface area (Å²) in [4.78, 5) is 18.5. The van der Waals surface area contributed by atoms with E-state index in [1.54, 1.807) is 24.5 Å². The molecule has 0 aliphatic heterocycles. The van der Waals surface area contributed by atoms with E-state index in [0.717, 1.165) is 24.5 Å². The number of rotatable bonds is 6. The van der Waals surface area contributed by atoms with Gasteiger partial charge < -0.3 is 9.80 Å². The van der Waals surface area contributed by atoms with Crippen molar-refractivity contribution in [3.8, 4) is 0 Å². The highest BCUT2D eigenvalue weighted by molar-refractivity contribution is 5.51. The van der Waals surface area contributed by atoms with Crippen molar-refractivity contribution in [2.45, 2.75) is 0 Å². The molecule has 21 heavy (non-hydrogen) atoms. The molecular formula is C15H18N4O2. The molecule has 1 aromatic heterocycles. The SMILES string of the molecule is CN(CCN(C)c1ccc([N+](=O)[O-])cc1)c1ccncc1. The number of nitro groups is 1. The third-order valence-corrected chi connectivity index (χ3v) is 3.38. The van der Waals surface area contributed by atoms with Crippen LogP contribution in [0.4, 0.5) is 17.1 Å². The average molecular weight is 286 g/mol. The molecule has 0 saturated heterocycles. The highest BCUT2D eigenvalue weighted by Crippen LogP contribution is 2.18. The van der Waals surface area contributed by atoms with Gasteiger partial charge in [-0.15, -0.1) is 0 Å². The number of anilines is 2. The first-order chi connectivity index (χ1) is 10.1. The Morgan fingerprint density at radius 1 is 0.952 bits per heavy atom. The van der Waals surface area contributed by atoms with E-state index in [2.05, 4.69) is 14.8 Å². The number of hydrogen-bond acceptors (Lipinski definition) is 5. The summed E-state index contributed by atoms with van der Waals surface area (Å²) in [5, 5.41) is 10.6. The van der Waals surface area contributed by atoms with Crippen molar-refractivity contribution < 1.29 is 4.92 Å². The summed E-state index contributed by atoms with van der Waals surface area (Å²) in [5.74, 6) is 0. The minimum Gasteiger partial charge on any atom is -0.373 e. The first kappa shape index (κ1) is 14.8. The highest BCUT2D eigenvalue weighted by atomic mass is 16.6. The van der Waals surface area contributed by atoms with Gasteiger partial charge in [0, 0.05) is 63.1 Å². The lowest BCUT2D eigenvalue weighted by atomic mass is 10.2. The number of nitro benzene ring substituents is 1. The second-order valence-corrected chi connectivity index (χ2v) is 4.82. The zero-order chi connectivity index (χ0) is 15.2. The number of hydrogen-bond donors (Lipinski definition) is 0. The fourth-order valence-corrected chi connectivity index (χ4v) is 1.99. The normalized spacial score (nSPS) is 10.2. The van der Waals surface area contributed by atoms with Crippen LogP contribution in [0.25, 0.3) is 0 Å². The molecule has 0 saturated carbocycles. The minimum atomic E-state index is -0.388. The van der Waals surface area contributed by atoms with E-state index in [4.69, 9.17) is 0 Å². The molecule has 0 radical (unpaired) electrons. The molecule has 6 heteroatoms. The van der Waals surface area contributed by atoms with E-state index < -0.39 is 0 Å². The van der Waals surface area contributed by atoms with E-state index in [9.17, 15) is 10.1 Å². The van der Waals surface area contributed by atoms with Gasteiger partial charge in [0.2, 0.25) is 0 Å². The van der Waals surface area contributed by atoms with E-state index in [1.165, 1.54) is 12.1 Å². The molecule has 110 valence electrons. The monoisotopic (exact) mass is 286 g/mol. The lowest BCUT2D eigenvalue weighted by Crippen LogP contribution is -2.30. The maximum absolute atomic E-state index is 10.6. The van der Waals surface area contributed by atoms with Crippen molar-refractivity contribution in [1.29, 1.82) is 0 Å². The Labute approximate surface area is 123 Å². The molecular weight excluding hydrogens is 268 g/mol. The second-order valence-electron chi connectivity index (χ2n) is 4.82. The van der Waals surface area contributed by atoms with E-state index in [1.807, 2.05) is 26.2 Å². The predicted molar refractivity (Wildman–Crippen MR) is 83.9 cm³/mol. The Hall–Kier alpha value is -2.63. The van der Waals surface area contributed by atoms with Crippen molar-refractivity contribution in [2.75, 3.05) is 37.0 Å². The molecule has 1 heterocycles. The highest BCUT2D eigenvalue weighted by Gasteiger charge is 2.07. The molecule has 0 unspecified atom stereocenters. The quantitative estimate of drug-likeness (QED) is 0.603. The maximum Gasteiger partial charge on any atom is 0.269 e. The summed E-state index contributed by atoms with van der Waals surface area (Å²) in [6.07, 6.45) is 3.54. The van der Waals surface area contributed by atoms with Gasteiger partial charge in [-0.05, 0) is 24.3 Å².